The first-order chi connectivity index (χ1) is 11.7. The smallest absolute Gasteiger partial charge is 0.471 e. The number of piperidine rings is 1. The second kappa shape index (κ2) is 5.13. The maximum absolute atomic E-state index is 13.0. The number of aliphatic carboxylic acids is 1. The Labute approximate surface area is 149 Å². The van der Waals surface area contributed by atoms with Crippen LogP contribution in [0.4, 0.5) is 13.2 Å². The molecule has 1 heterocycles. The number of carbonyl (C=O) groups excluding carboxylic acids is 2. The van der Waals surface area contributed by atoms with Crippen LogP contribution in [0.5, 0.6) is 0 Å². The van der Waals surface area contributed by atoms with Crippen LogP contribution in [-0.4, -0.2) is 52.6 Å². The highest BCUT2D eigenvalue weighted by Gasteiger charge is 2.78. The van der Waals surface area contributed by atoms with Gasteiger partial charge in [-0.1, -0.05) is 27.7 Å². The minimum Gasteiger partial charge on any atom is -0.480 e. The third kappa shape index (κ3) is 2.42. The highest BCUT2D eigenvalue weighted by Crippen LogP contribution is 2.74. The second-order valence-corrected chi connectivity index (χ2v) is 8.85. The summed E-state index contributed by atoms with van der Waals surface area (Å²) in [6, 6.07) is -2.48. The molecule has 6 nitrogen and oxygen atoms in total. The zero-order chi connectivity index (χ0) is 19.9. The molecule has 4 atom stereocenters. The molecule has 3 fully saturated rings. The highest BCUT2D eigenvalue weighted by atomic mass is 19.4. The fourth-order valence-corrected chi connectivity index (χ4v) is 4.73. The van der Waals surface area contributed by atoms with Crippen LogP contribution in [-0.2, 0) is 14.4 Å². The van der Waals surface area contributed by atoms with Gasteiger partial charge in [-0.05, 0) is 29.6 Å². The van der Waals surface area contributed by atoms with E-state index < -0.39 is 46.9 Å². The van der Waals surface area contributed by atoms with E-state index in [0.717, 1.165) is 4.90 Å². The van der Waals surface area contributed by atoms with Crippen LogP contribution < -0.4 is 5.32 Å². The molecule has 0 aromatic carbocycles. The number of hydrogen-bond acceptors (Lipinski definition) is 3. The molecule has 0 spiro atoms. The van der Waals surface area contributed by atoms with Gasteiger partial charge in [-0.3, -0.25) is 9.59 Å². The van der Waals surface area contributed by atoms with Gasteiger partial charge in [-0.2, -0.15) is 13.2 Å². The Bertz CT molecular complexity index is 686. The standard InChI is InChI=1S/C17H23F3N2O4/c1-14(2)8-7-22(10(12(24)25)16(8,14)4)11(23)9(15(3)5-6-15)21-13(26)17(18,19)20/h8-10H,5-7H2,1-4H3,(H,21,26)(H,24,25)/t8-,9?,10-,16?/m1/s1. The van der Waals surface area contributed by atoms with Gasteiger partial charge in [0.2, 0.25) is 5.91 Å². The first kappa shape index (κ1) is 19.0. The van der Waals surface area contributed by atoms with E-state index in [1.807, 2.05) is 19.2 Å². The van der Waals surface area contributed by atoms with Gasteiger partial charge in [-0.15, -0.1) is 0 Å². The van der Waals surface area contributed by atoms with Crippen molar-refractivity contribution >= 4 is 17.8 Å². The molecule has 2 saturated carbocycles. The van der Waals surface area contributed by atoms with Crippen molar-refractivity contribution in [3.05, 3.63) is 0 Å². The van der Waals surface area contributed by atoms with Crippen LogP contribution in [0, 0.1) is 22.2 Å². The molecule has 0 aromatic heterocycles. The van der Waals surface area contributed by atoms with Crippen molar-refractivity contribution in [1.82, 2.24) is 10.2 Å². The Balaban J connectivity index is 1.87. The van der Waals surface area contributed by atoms with E-state index in [9.17, 15) is 32.7 Å². The topological polar surface area (TPSA) is 86.7 Å². The summed E-state index contributed by atoms with van der Waals surface area (Å²) in [5, 5.41) is 11.5. The Hall–Kier alpha value is -1.80. The van der Waals surface area contributed by atoms with Crippen LogP contribution in [0.1, 0.15) is 40.5 Å². The van der Waals surface area contributed by atoms with Crippen LogP contribution >= 0.6 is 0 Å². The van der Waals surface area contributed by atoms with E-state index in [0.29, 0.717) is 12.8 Å². The predicted octanol–water partition coefficient (Wildman–Crippen LogP) is 1.79. The molecule has 0 bridgehead atoms. The minimum absolute atomic E-state index is 0.0361. The zero-order valence-electron chi connectivity index (χ0n) is 15.1. The predicted molar refractivity (Wildman–Crippen MR) is 83.8 cm³/mol. The van der Waals surface area contributed by atoms with Crippen molar-refractivity contribution in [1.29, 1.82) is 0 Å². The minimum atomic E-state index is -5.10. The lowest BCUT2D eigenvalue weighted by Crippen LogP contribution is -2.59. The number of carbonyl (C=O) groups is 3. The van der Waals surface area contributed by atoms with Gasteiger partial charge in [0.1, 0.15) is 12.1 Å². The lowest BCUT2D eigenvalue weighted by Gasteiger charge is -2.36. The van der Waals surface area contributed by atoms with Gasteiger partial charge in [0.15, 0.2) is 0 Å². The fraction of sp³-hybridized carbons (Fsp3) is 0.824. The Morgan fingerprint density at radius 1 is 1.15 bits per heavy atom. The van der Waals surface area contributed by atoms with Crippen LogP contribution in [0.3, 0.4) is 0 Å². The van der Waals surface area contributed by atoms with Gasteiger partial charge in [0.25, 0.3) is 0 Å². The first-order valence-electron chi connectivity index (χ1n) is 8.59. The van der Waals surface area contributed by atoms with Crippen molar-refractivity contribution in [3.8, 4) is 0 Å². The van der Waals surface area contributed by atoms with Gasteiger partial charge < -0.3 is 15.3 Å². The number of alkyl halides is 3. The molecule has 3 rings (SSSR count). The second-order valence-electron chi connectivity index (χ2n) is 8.85. The van der Waals surface area contributed by atoms with Crippen molar-refractivity contribution in [2.24, 2.45) is 22.2 Å². The summed E-state index contributed by atoms with van der Waals surface area (Å²) in [6.45, 7) is 7.46. The molecule has 2 aliphatic carbocycles. The third-order valence-electron chi connectivity index (χ3n) is 7.19. The number of halogens is 3. The molecule has 26 heavy (non-hydrogen) atoms. The van der Waals surface area contributed by atoms with Crippen LogP contribution in [0.25, 0.3) is 0 Å². The Morgan fingerprint density at radius 2 is 1.69 bits per heavy atom. The molecule has 0 aromatic rings. The number of nitrogens with zero attached hydrogens (tertiary/aromatic N) is 1. The molecule has 1 saturated heterocycles. The first-order valence-corrected chi connectivity index (χ1v) is 8.59. The Kier molecular flexibility index (Phi) is 3.75. The number of likely N-dealkylation sites (tertiary alicyclic amines) is 1. The third-order valence-corrected chi connectivity index (χ3v) is 7.19. The van der Waals surface area contributed by atoms with E-state index in [4.69, 9.17) is 0 Å². The van der Waals surface area contributed by atoms with Crippen molar-refractivity contribution in [2.45, 2.75) is 58.8 Å². The fourth-order valence-electron chi connectivity index (χ4n) is 4.73. The lowest BCUT2D eigenvalue weighted by molar-refractivity contribution is -0.176. The normalized spacial score (nSPS) is 34.7. The quantitative estimate of drug-likeness (QED) is 0.783. The molecule has 2 N–H and O–H groups in total. The molecular weight excluding hydrogens is 353 g/mol. The summed E-state index contributed by atoms with van der Waals surface area (Å²) in [5.41, 5.74) is -1.66. The summed E-state index contributed by atoms with van der Waals surface area (Å²) >= 11 is 0. The molecule has 2 amide bonds. The number of carboxylic acid groups (broad SMARTS) is 1. The summed E-state index contributed by atoms with van der Waals surface area (Å²) in [6.07, 6.45) is -4.10. The molecule has 2 unspecified atom stereocenters. The van der Waals surface area contributed by atoms with Crippen LogP contribution in [0.15, 0.2) is 0 Å². The van der Waals surface area contributed by atoms with E-state index in [1.165, 1.54) is 0 Å². The maximum atomic E-state index is 13.0. The summed E-state index contributed by atoms with van der Waals surface area (Å²) in [4.78, 5) is 37.4. The average Bonchev–Trinajstić information content (AvgIpc) is 3.25. The lowest BCUT2D eigenvalue weighted by atomic mass is 9.88. The van der Waals surface area contributed by atoms with Gasteiger partial charge >= 0.3 is 18.1 Å². The molecule has 0 radical (unpaired) electrons. The van der Waals surface area contributed by atoms with E-state index in [2.05, 4.69) is 0 Å². The van der Waals surface area contributed by atoms with Crippen molar-refractivity contribution in [3.63, 3.8) is 0 Å². The van der Waals surface area contributed by atoms with E-state index >= 15 is 0 Å². The van der Waals surface area contributed by atoms with E-state index in [-0.39, 0.29) is 17.9 Å². The zero-order valence-corrected chi connectivity index (χ0v) is 15.1. The van der Waals surface area contributed by atoms with Gasteiger partial charge in [0.05, 0.1) is 0 Å². The number of hydrogen-bond donors (Lipinski definition) is 2. The number of nitrogens with one attached hydrogen (secondary N) is 1. The van der Waals surface area contributed by atoms with Gasteiger partial charge in [0, 0.05) is 12.0 Å². The number of fused-ring (bicyclic) bond motifs is 1. The SMILES string of the molecule is CC1(C(NC(=O)C(F)(F)F)C(=O)N2C[C@@H]3C(C)(C)C3(C)[C@H]2C(=O)O)CC1. The maximum Gasteiger partial charge on any atom is 0.471 e. The molecule has 3 aliphatic rings. The summed E-state index contributed by atoms with van der Waals surface area (Å²) in [7, 11) is 0. The van der Waals surface area contributed by atoms with Crippen LogP contribution in [0.2, 0.25) is 0 Å². The number of amides is 2. The molecule has 9 heteroatoms. The summed E-state index contributed by atoms with van der Waals surface area (Å²) < 4.78 is 38.0. The molecular formula is C17H23F3N2O4. The number of carboxylic acids is 1. The molecule has 1 aliphatic heterocycles. The highest BCUT2D eigenvalue weighted by molar-refractivity contribution is 5.94. The monoisotopic (exact) mass is 376 g/mol. The van der Waals surface area contributed by atoms with E-state index in [1.54, 1.807) is 13.8 Å². The molecule has 146 valence electrons. The average molecular weight is 376 g/mol. The van der Waals surface area contributed by atoms with Crippen molar-refractivity contribution in [2.75, 3.05) is 6.54 Å². The van der Waals surface area contributed by atoms with Gasteiger partial charge in [-0.25, -0.2) is 4.79 Å². The largest absolute Gasteiger partial charge is 0.480 e. The van der Waals surface area contributed by atoms with Crippen molar-refractivity contribution < 1.29 is 32.7 Å². The number of rotatable bonds is 4. The summed E-state index contributed by atoms with van der Waals surface area (Å²) in [5.74, 6) is -4.12. The Morgan fingerprint density at radius 3 is 2.12 bits per heavy atom.